The van der Waals surface area contributed by atoms with Gasteiger partial charge in [-0.15, -0.1) is 6.58 Å². The van der Waals surface area contributed by atoms with Gasteiger partial charge in [0, 0.05) is 0 Å². The first kappa shape index (κ1) is 7.65. The summed E-state index contributed by atoms with van der Waals surface area (Å²) in [7, 11) is -3.37. The lowest BCUT2D eigenvalue weighted by Crippen LogP contribution is -2.23. The number of sulfonamides is 1. The second-order valence-electron chi connectivity index (χ2n) is 1.53. The molecule has 0 unspecified atom stereocenters. The van der Waals surface area contributed by atoms with E-state index in [-0.39, 0.29) is 0 Å². The zero-order chi connectivity index (χ0) is 6.78. The van der Waals surface area contributed by atoms with E-state index >= 15 is 0 Å². The smallest absolute Gasteiger partial charge is 0.215 e. The first-order valence-corrected chi connectivity index (χ1v) is 3.73. The summed E-state index contributed by atoms with van der Waals surface area (Å²) in [6.07, 6.45) is 1.29. The van der Waals surface area contributed by atoms with Crippen molar-refractivity contribution in [2.75, 3.05) is 0 Å². The minimum atomic E-state index is -3.37. The Bertz CT molecular complexity index is 170. The van der Waals surface area contributed by atoms with Gasteiger partial charge in [-0.2, -0.15) is 0 Å². The van der Waals surface area contributed by atoms with Crippen LogP contribution < -0.4 is 5.14 Å². The summed E-state index contributed by atoms with van der Waals surface area (Å²) >= 11 is 0. The Hall–Kier alpha value is -0.350. The lowest BCUT2D eigenvalue weighted by molar-refractivity contribution is 0.593. The summed E-state index contributed by atoms with van der Waals surface area (Å²) < 4.78 is 20.5. The predicted octanol–water partition coefficient (Wildman–Crippen LogP) is -0.151. The van der Waals surface area contributed by atoms with Crippen LogP contribution in [0.3, 0.4) is 0 Å². The Balaban J connectivity index is 4.26. The first-order valence-electron chi connectivity index (χ1n) is 2.12. The largest absolute Gasteiger partial charge is 0.228 e. The van der Waals surface area contributed by atoms with Crippen molar-refractivity contribution in [2.45, 2.75) is 12.2 Å². The Morgan fingerprint density at radius 3 is 2.12 bits per heavy atom. The monoisotopic (exact) mass is 135 g/mol. The zero-order valence-electron chi connectivity index (χ0n) is 4.66. The lowest BCUT2D eigenvalue weighted by Gasteiger charge is -1.98. The number of rotatable bonds is 2. The third-order valence-electron chi connectivity index (χ3n) is 0.850. The number of hydrogen-bond acceptors (Lipinski definition) is 2. The molecule has 3 nitrogen and oxygen atoms in total. The van der Waals surface area contributed by atoms with Crippen LogP contribution in [0.15, 0.2) is 12.7 Å². The molecule has 48 valence electrons. The van der Waals surface area contributed by atoms with Crippen molar-refractivity contribution < 1.29 is 8.42 Å². The molecular weight excluding hydrogens is 126 g/mol. The molecule has 4 heteroatoms. The van der Waals surface area contributed by atoms with Gasteiger partial charge in [-0.05, 0) is 6.92 Å². The van der Waals surface area contributed by atoms with Crippen molar-refractivity contribution in [1.29, 1.82) is 0 Å². The molecule has 0 aliphatic rings. The van der Waals surface area contributed by atoms with E-state index in [1.54, 1.807) is 0 Å². The molecule has 2 N–H and O–H groups in total. The van der Waals surface area contributed by atoms with Crippen molar-refractivity contribution in [1.82, 2.24) is 0 Å². The highest BCUT2D eigenvalue weighted by atomic mass is 32.2. The Morgan fingerprint density at radius 1 is 1.75 bits per heavy atom. The highest BCUT2D eigenvalue weighted by Crippen LogP contribution is 1.92. The van der Waals surface area contributed by atoms with Gasteiger partial charge in [0.25, 0.3) is 0 Å². The highest BCUT2D eigenvalue weighted by Gasteiger charge is 2.08. The molecule has 0 amide bonds. The molecule has 0 saturated carbocycles. The molecule has 1 atom stereocenters. The van der Waals surface area contributed by atoms with Crippen LogP contribution in [0.2, 0.25) is 0 Å². The fourth-order valence-electron chi connectivity index (χ4n) is 0.134. The van der Waals surface area contributed by atoms with Crippen LogP contribution in [0.4, 0.5) is 0 Å². The van der Waals surface area contributed by atoms with Gasteiger partial charge in [-0.1, -0.05) is 6.08 Å². The summed E-state index contributed by atoms with van der Waals surface area (Å²) in [5.74, 6) is 0. The predicted molar refractivity (Wildman–Crippen MR) is 32.8 cm³/mol. The van der Waals surface area contributed by atoms with E-state index in [0.29, 0.717) is 0 Å². The summed E-state index contributed by atoms with van der Waals surface area (Å²) in [6.45, 7) is 4.74. The summed E-state index contributed by atoms with van der Waals surface area (Å²) in [5, 5.41) is 4.05. The van der Waals surface area contributed by atoms with Gasteiger partial charge < -0.3 is 0 Å². The van der Waals surface area contributed by atoms with E-state index in [4.69, 9.17) is 5.14 Å². The Labute approximate surface area is 49.2 Å². The number of hydrogen-bond donors (Lipinski definition) is 1. The standard InChI is InChI=1S/C4H9NO2S/c1-3-4(2)8(5,6)7/h3-4H,1H2,2H3,(H2,5,6,7)/t4-/m0/s1. The van der Waals surface area contributed by atoms with Crippen molar-refractivity contribution in [3.8, 4) is 0 Å². The SMILES string of the molecule is C=C[C@H](C)S(N)(=O)=O. The maximum atomic E-state index is 10.3. The first-order chi connectivity index (χ1) is 3.48. The number of nitrogens with two attached hydrogens (primary N) is 1. The number of primary sulfonamides is 1. The third kappa shape index (κ3) is 2.09. The fraction of sp³-hybridized carbons (Fsp3) is 0.500. The zero-order valence-corrected chi connectivity index (χ0v) is 5.48. The molecule has 0 aliphatic heterocycles. The van der Waals surface area contributed by atoms with E-state index in [1.807, 2.05) is 0 Å². The normalized spacial score (nSPS) is 15.2. The van der Waals surface area contributed by atoms with Crippen molar-refractivity contribution in [3.05, 3.63) is 12.7 Å². The van der Waals surface area contributed by atoms with E-state index in [1.165, 1.54) is 13.0 Å². The van der Waals surface area contributed by atoms with Crippen LogP contribution in [-0.2, 0) is 10.0 Å². The molecule has 0 heterocycles. The molecule has 0 fully saturated rings. The average Bonchev–Trinajstić information content (AvgIpc) is 1.62. The van der Waals surface area contributed by atoms with Crippen molar-refractivity contribution >= 4 is 10.0 Å². The second kappa shape index (κ2) is 2.28. The van der Waals surface area contributed by atoms with Crippen molar-refractivity contribution in [3.63, 3.8) is 0 Å². The topological polar surface area (TPSA) is 60.2 Å². The second-order valence-corrected chi connectivity index (χ2v) is 3.45. The Morgan fingerprint density at radius 2 is 2.12 bits per heavy atom. The minimum absolute atomic E-state index is 0.637. The maximum Gasteiger partial charge on any atom is 0.215 e. The molecule has 0 radical (unpaired) electrons. The molecule has 0 aromatic rings. The molecule has 0 spiro atoms. The van der Waals surface area contributed by atoms with Gasteiger partial charge >= 0.3 is 0 Å². The van der Waals surface area contributed by atoms with E-state index in [2.05, 4.69) is 6.58 Å². The summed E-state index contributed by atoms with van der Waals surface area (Å²) in [5.41, 5.74) is 0. The van der Waals surface area contributed by atoms with Gasteiger partial charge in [0.15, 0.2) is 0 Å². The average molecular weight is 135 g/mol. The van der Waals surface area contributed by atoms with Gasteiger partial charge in [-0.25, -0.2) is 13.6 Å². The molecule has 0 rings (SSSR count). The summed E-state index contributed by atoms with van der Waals surface area (Å²) in [6, 6.07) is 0. The lowest BCUT2D eigenvalue weighted by atomic mass is 10.5. The van der Waals surface area contributed by atoms with Gasteiger partial charge in [0.05, 0.1) is 5.25 Å². The maximum absolute atomic E-state index is 10.3. The van der Waals surface area contributed by atoms with Crippen LogP contribution in [0.25, 0.3) is 0 Å². The molecule has 0 aliphatic carbocycles. The van der Waals surface area contributed by atoms with Gasteiger partial charge in [-0.3, -0.25) is 0 Å². The van der Waals surface area contributed by atoms with E-state index < -0.39 is 15.3 Å². The molecule has 8 heavy (non-hydrogen) atoms. The minimum Gasteiger partial charge on any atom is -0.228 e. The van der Waals surface area contributed by atoms with E-state index in [0.717, 1.165) is 0 Å². The summed E-state index contributed by atoms with van der Waals surface area (Å²) in [4.78, 5) is 0. The molecule has 0 aromatic carbocycles. The quantitative estimate of drug-likeness (QED) is 0.535. The van der Waals surface area contributed by atoms with E-state index in [9.17, 15) is 8.42 Å². The van der Waals surface area contributed by atoms with Crippen LogP contribution in [0.5, 0.6) is 0 Å². The van der Waals surface area contributed by atoms with Crippen molar-refractivity contribution in [2.24, 2.45) is 5.14 Å². The highest BCUT2D eigenvalue weighted by molar-refractivity contribution is 7.89. The molecular formula is C4H9NO2S. The van der Waals surface area contributed by atoms with Crippen LogP contribution in [0, 0.1) is 0 Å². The third-order valence-corrected chi connectivity index (χ3v) is 2.08. The fourth-order valence-corrected chi connectivity index (χ4v) is 0.402. The van der Waals surface area contributed by atoms with Gasteiger partial charge in [0.1, 0.15) is 0 Å². The van der Waals surface area contributed by atoms with Crippen LogP contribution >= 0.6 is 0 Å². The molecule has 0 saturated heterocycles. The Kier molecular flexibility index (Phi) is 2.18. The molecule has 0 bridgehead atoms. The van der Waals surface area contributed by atoms with Gasteiger partial charge in [0.2, 0.25) is 10.0 Å². The molecule has 0 aromatic heterocycles. The van der Waals surface area contributed by atoms with Crippen LogP contribution in [-0.4, -0.2) is 13.7 Å². The van der Waals surface area contributed by atoms with Crippen LogP contribution in [0.1, 0.15) is 6.92 Å².